The van der Waals surface area contributed by atoms with E-state index < -0.39 is 6.04 Å². The zero-order valence-corrected chi connectivity index (χ0v) is 16.6. The summed E-state index contributed by atoms with van der Waals surface area (Å²) in [6.45, 7) is 5.64. The standard InChI is InChI=1S/C20H27N7O2/c1-14(22-20(29)23-16-5-3-2-4-6-16)19(28)26-10-7-15(8-11-26)18-25-24-17-13-21-9-12-27(17)18/h2-6,14-15,21H,7-13H2,1H3,(H2,22,23,29). The molecule has 1 saturated heterocycles. The minimum Gasteiger partial charge on any atom is -0.341 e. The Kier molecular flexibility index (Phi) is 5.75. The SMILES string of the molecule is CC(NC(=O)Nc1ccccc1)C(=O)N1CCC(c2nnc3n2CCNC3)CC1. The number of urea groups is 1. The van der Waals surface area contributed by atoms with Crippen molar-refractivity contribution in [2.24, 2.45) is 0 Å². The zero-order valence-electron chi connectivity index (χ0n) is 16.6. The summed E-state index contributed by atoms with van der Waals surface area (Å²) in [5.41, 5.74) is 0.692. The number of hydrogen-bond acceptors (Lipinski definition) is 5. The summed E-state index contributed by atoms with van der Waals surface area (Å²) >= 11 is 0. The van der Waals surface area contributed by atoms with Gasteiger partial charge in [-0.1, -0.05) is 18.2 Å². The highest BCUT2D eigenvalue weighted by Gasteiger charge is 2.30. The van der Waals surface area contributed by atoms with Gasteiger partial charge in [0.05, 0.1) is 6.54 Å². The molecular formula is C20H27N7O2. The van der Waals surface area contributed by atoms with Gasteiger partial charge in [0.1, 0.15) is 17.7 Å². The van der Waals surface area contributed by atoms with Crippen molar-refractivity contribution in [3.05, 3.63) is 42.0 Å². The highest BCUT2D eigenvalue weighted by molar-refractivity contribution is 5.93. The van der Waals surface area contributed by atoms with E-state index in [-0.39, 0.29) is 11.9 Å². The van der Waals surface area contributed by atoms with Crippen LogP contribution in [-0.4, -0.2) is 57.3 Å². The van der Waals surface area contributed by atoms with E-state index in [1.807, 2.05) is 23.1 Å². The number of benzene rings is 1. The topological polar surface area (TPSA) is 104 Å². The third kappa shape index (κ3) is 4.40. The largest absolute Gasteiger partial charge is 0.341 e. The number of anilines is 1. The molecule has 3 amide bonds. The van der Waals surface area contributed by atoms with Crippen LogP contribution in [0.15, 0.2) is 30.3 Å². The van der Waals surface area contributed by atoms with Gasteiger partial charge in [-0.05, 0) is 31.9 Å². The minimum absolute atomic E-state index is 0.0564. The van der Waals surface area contributed by atoms with Gasteiger partial charge in [-0.25, -0.2) is 4.79 Å². The average Bonchev–Trinajstić information content (AvgIpc) is 3.18. The second kappa shape index (κ2) is 8.60. The third-order valence-electron chi connectivity index (χ3n) is 5.57. The number of hydrogen-bond donors (Lipinski definition) is 3. The van der Waals surface area contributed by atoms with E-state index in [2.05, 4.69) is 30.7 Å². The monoisotopic (exact) mass is 397 g/mol. The second-order valence-corrected chi connectivity index (χ2v) is 7.59. The van der Waals surface area contributed by atoms with Crippen LogP contribution < -0.4 is 16.0 Å². The highest BCUT2D eigenvalue weighted by atomic mass is 16.2. The predicted octanol–water partition coefficient (Wildman–Crippen LogP) is 1.30. The van der Waals surface area contributed by atoms with Gasteiger partial charge in [-0.3, -0.25) is 4.79 Å². The van der Waals surface area contributed by atoms with Crippen molar-refractivity contribution in [1.82, 2.24) is 30.3 Å². The van der Waals surface area contributed by atoms with E-state index >= 15 is 0 Å². The van der Waals surface area contributed by atoms with Crippen molar-refractivity contribution in [2.75, 3.05) is 25.0 Å². The number of carbonyl (C=O) groups excluding carboxylic acids is 2. The fraction of sp³-hybridized carbons (Fsp3) is 0.500. The molecule has 2 aromatic rings. The Bertz CT molecular complexity index is 859. The lowest BCUT2D eigenvalue weighted by Gasteiger charge is -2.33. The molecule has 4 rings (SSSR count). The number of carbonyl (C=O) groups is 2. The van der Waals surface area contributed by atoms with E-state index in [9.17, 15) is 9.59 Å². The van der Waals surface area contributed by atoms with Crippen LogP contribution in [0.2, 0.25) is 0 Å². The number of aromatic nitrogens is 3. The Morgan fingerprint density at radius 2 is 1.90 bits per heavy atom. The third-order valence-corrected chi connectivity index (χ3v) is 5.57. The number of fused-ring (bicyclic) bond motifs is 1. The van der Waals surface area contributed by atoms with Crippen molar-refractivity contribution in [3.63, 3.8) is 0 Å². The summed E-state index contributed by atoms with van der Waals surface area (Å²) in [6, 6.07) is 8.21. The highest BCUT2D eigenvalue weighted by Crippen LogP contribution is 2.28. The molecular weight excluding hydrogens is 370 g/mol. The first-order valence-electron chi connectivity index (χ1n) is 10.2. The lowest BCUT2D eigenvalue weighted by Crippen LogP contribution is -2.50. The molecule has 29 heavy (non-hydrogen) atoms. The lowest BCUT2D eigenvalue weighted by atomic mass is 9.95. The van der Waals surface area contributed by atoms with Crippen molar-refractivity contribution in [1.29, 1.82) is 0 Å². The summed E-state index contributed by atoms with van der Waals surface area (Å²) in [7, 11) is 0. The summed E-state index contributed by atoms with van der Waals surface area (Å²) in [6.07, 6.45) is 1.72. The lowest BCUT2D eigenvalue weighted by molar-refractivity contribution is -0.133. The quantitative estimate of drug-likeness (QED) is 0.721. The Morgan fingerprint density at radius 3 is 2.66 bits per heavy atom. The smallest absolute Gasteiger partial charge is 0.319 e. The first-order valence-corrected chi connectivity index (χ1v) is 10.2. The number of nitrogens with zero attached hydrogens (tertiary/aromatic N) is 4. The number of amides is 3. The molecule has 1 unspecified atom stereocenters. The van der Waals surface area contributed by atoms with Crippen LogP contribution in [0.25, 0.3) is 0 Å². The van der Waals surface area contributed by atoms with E-state index in [1.54, 1.807) is 19.1 Å². The Labute approximate surface area is 169 Å². The molecule has 2 aliphatic heterocycles. The van der Waals surface area contributed by atoms with E-state index in [4.69, 9.17) is 0 Å². The van der Waals surface area contributed by atoms with E-state index in [1.165, 1.54) is 0 Å². The maximum atomic E-state index is 12.8. The Morgan fingerprint density at radius 1 is 1.14 bits per heavy atom. The molecule has 9 nitrogen and oxygen atoms in total. The second-order valence-electron chi connectivity index (χ2n) is 7.59. The molecule has 3 N–H and O–H groups in total. The molecule has 3 heterocycles. The van der Waals surface area contributed by atoms with Crippen LogP contribution in [-0.2, 0) is 17.9 Å². The fourth-order valence-electron chi connectivity index (χ4n) is 4.00. The van der Waals surface area contributed by atoms with Gasteiger partial charge in [0, 0.05) is 37.8 Å². The number of likely N-dealkylation sites (tertiary alicyclic amines) is 1. The van der Waals surface area contributed by atoms with Gasteiger partial charge < -0.3 is 25.4 Å². The Hall–Kier alpha value is -2.94. The van der Waals surface area contributed by atoms with Crippen LogP contribution in [0.3, 0.4) is 0 Å². The molecule has 2 aliphatic rings. The summed E-state index contributed by atoms with van der Waals surface area (Å²) in [4.78, 5) is 26.7. The van der Waals surface area contributed by atoms with Gasteiger partial charge in [-0.2, -0.15) is 0 Å². The molecule has 0 aliphatic carbocycles. The molecule has 9 heteroatoms. The molecule has 0 bridgehead atoms. The average molecular weight is 397 g/mol. The van der Waals surface area contributed by atoms with Crippen LogP contribution in [0.5, 0.6) is 0 Å². The van der Waals surface area contributed by atoms with Crippen molar-refractivity contribution in [3.8, 4) is 0 Å². The predicted molar refractivity (Wildman–Crippen MR) is 108 cm³/mol. The maximum Gasteiger partial charge on any atom is 0.319 e. The summed E-state index contributed by atoms with van der Waals surface area (Å²) in [5.74, 6) is 2.30. The molecule has 0 spiro atoms. The normalized spacial score (nSPS) is 18.0. The first-order chi connectivity index (χ1) is 14.1. The molecule has 0 saturated carbocycles. The fourth-order valence-corrected chi connectivity index (χ4v) is 4.00. The summed E-state index contributed by atoms with van der Waals surface area (Å²) in [5, 5.41) is 17.5. The molecule has 1 fully saturated rings. The van der Waals surface area contributed by atoms with Crippen molar-refractivity contribution < 1.29 is 9.59 Å². The summed E-state index contributed by atoms with van der Waals surface area (Å²) < 4.78 is 2.22. The van der Waals surface area contributed by atoms with Gasteiger partial charge in [0.25, 0.3) is 0 Å². The van der Waals surface area contributed by atoms with Gasteiger partial charge in [0.2, 0.25) is 5.91 Å². The first kappa shape index (κ1) is 19.4. The number of nitrogens with one attached hydrogen (secondary N) is 3. The van der Waals surface area contributed by atoms with Gasteiger partial charge in [0.15, 0.2) is 0 Å². The Balaban J connectivity index is 1.28. The van der Waals surface area contributed by atoms with Crippen molar-refractivity contribution >= 4 is 17.6 Å². The molecule has 154 valence electrons. The van der Waals surface area contributed by atoms with Crippen LogP contribution in [0, 0.1) is 0 Å². The van der Waals surface area contributed by atoms with Crippen LogP contribution in [0.1, 0.15) is 37.3 Å². The number of piperidine rings is 1. The zero-order chi connectivity index (χ0) is 20.2. The molecule has 1 aromatic carbocycles. The van der Waals surface area contributed by atoms with Gasteiger partial charge >= 0.3 is 6.03 Å². The van der Waals surface area contributed by atoms with Crippen LogP contribution in [0.4, 0.5) is 10.5 Å². The minimum atomic E-state index is -0.581. The van der Waals surface area contributed by atoms with E-state index in [0.717, 1.165) is 44.1 Å². The number of rotatable bonds is 4. The molecule has 1 atom stereocenters. The van der Waals surface area contributed by atoms with E-state index in [0.29, 0.717) is 24.7 Å². The molecule has 0 radical (unpaired) electrons. The number of para-hydroxylation sites is 1. The van der Waals surface area contributed by atoms with Crippen LogP contribution >= 0.6 is 0 Å². The molecule has 1 aromatic heterocycles. The maximum absolute atomic E-state index is 12.8. The van der Waals surface area contributed by atoms with Crippen molar-refractivity contribution in [2.45, 2.75) is 44.8 Å². The van der Waals surface area contributed by atoms with Gasteiger partial charge in [-0.15, -0.1) is 10.2 Å².